The Morgan fingerprint density at radius 2 is 1.78 bits per heavy atom. The van der Waals surface area contributed by atoms with E-state index in [0.29, 0.717) is 0 Å². The molecule has 0 aliphatic rings. The molecule has 1 atom stereocenters. The van der Waals surface area contributed by atoms with Crippen LogP contribution in [0.3, 0.4) is 0 Å². The van der Waals surface area contributed by atoms with Crippen molar-refractivity contribution in [1.29, 1.82) is 0 Å². The molecule has 0 amide bonds. The van der Waals surface area contributed by atoms with Crippen LogP contribution >= 0.6 is 27.5 Å². The van der Waals surface area contributed by atoms with E-state index in [1.165, 1.54) is 23.3 Å². The van der Waals surface area contributed by atoms with Crippen molar-refractivity contribution in [2.24, 2.45) is 0 Å². The summed E-state index contributed by atoms with van der Waals surface area (Å²) in [4.78, 5) is 0. The first-order chi connectivity index (χ1) is 8.49. The van der Waals surface area contributed by atoms with Gasteiger partial charge in [0.05, 0.1) is 5.38 Å². The molecule has 0 fully saturated rings. The van der Waals surface area contributed by atoms with Crippen LogP contribution in [0.15, 0.2) is 40.9 Å². The topological polar surface area (TPSA) is 0 Å². The van der Waals surface area contributed by atoms with E-state index >= 15 is 0 Å². The SMILES string of the molecule is Cc1ccc(C(Cl)c2cc(F)ccc2Br)cc1C. The maximum atomic E-state index is 13.3. The van der Waals surface area contributed by atoms with Crippen molar-refractivity contribution in [2.45, 2.75) is 19.2 Å². The van der Waals surface area contributed by atoms with Gasteiger partial charge in [-0.1, -0.05) is 34.1 Å². The average Bonchev–Trinajstić information content (AvgIpc) is 2.35. The molecule has 94 valence electrons. The molecule has 2 rings (SSSR count). The normalized spacial score (nSPS) is 12.5. The van der Waals surface area contributed by atoms with E-state index in [2.05, 4.69) is 22.9 Å². The Labute approximate surface area is 120 Å². The van der Waals surface area contributed by atoms with Crippen LogP contribution in [0.5, 0.6) is 0 Å². The summed E-state index contributed by atoms with van der Waals surface area (Å²) in [6, 6.07) is 10.6. The van der Waals surface area contributed by atoms with Crippen molar-refractivity contribution in [3.63, 3.8) is 0 Å². The van der Waals surface area contributed by atoms with E-state index < -0.39 is 0 Å². The zero-order valence-electron chi connectivity index (χ0n) is 10.2. The number of aryl methyl sites for hydroxylation is 2. The van der Waals surface area contributed by atoms with Crippen LogP contribution in [0, 0.1) is 19.7 Å². The third kappa shape index (κ3) is 2.76. The van der Waals surface area contributed by atoms with Crippen molar-refractivity contribution >= 4 is 27.5 Å². The summed E-state index contributed by atoms with van der Waals surface area (Å²) in [5.41, 5.74) is 4.14. The van der Waals surface area contributed by atoms with Crippen LogP contribution in [0.25, 0.3) is 0 Å². The first kappa shape index (κ1) is 13.6. The molecule has 18 heavy (non-hydrogen) atoms. The second kappa shape index (κ2) is 5.41. The highest BCUT2D eigenvalue weighted by Gasteiger charge is 2.15. The number of rotatable bonds is 2. The molecule has 0 heterocycles. The Morgan fingerprint density at radius 1 is 1.06 bits per heavy atom. The Kier molecular flexibility index (Phi) is 4.08. The summed E-state index contributed by atoms with van der Waals surface area (Å²) in [6.45, 7) is 4.10. The summed E-state index contributed by atoms with van der Waals surface area (Å²) in [7, 11) is 0. The van der Waals surface area contributed by atoms with Gasteiger partial charge in [-0.3, -0.25) is 0 Å². The van der Waals surface area contributed by atoms with Crippen LogP contribution < -0.4 is 0 Å². The van der Waals surface area contributed by atoms with Crippen LogP contribution in [0.4, 0.5) is 4.39 Å². The molecule has 2 aromatic carbocycles. The van der Waals surface area contributed by atoms with Gasteiger partial charge in [-0.2, -0.15) is 0 Å². The van der Waals surface area contributed by atoms with Gasteiger partial charge in [0, 0.05) is 4.47 Å². The molecule has 0 N–H and O–H groups in total. The minimum absolute atomic E-state index is 0.275. The fourth-order valence-corrected chi connectivity index (χ4v) is 2.73. The van der Waals surface area contributed by atoms with Gasteiger partial charge in [0.1, 0.15) is 5.82 Å². The highest BCUT2D eigenvalue weighted by Crippen LogP contribution is 2.34. The zero-order chi connectivity index (χ0) is 13.3. The summed E-state index contributed by atoms with van der Waals surface area (Å²) < 4.78 is 14.1. The van der Waals surface area contributed by atoms with Crippen molar-refractivity contribution in [1.82, 2.24) is 0 Å². The maximum absolute atomic E-state index is 13.3. The molecule has 0 saturated heterocycles. The highest BCUT2D eigenvalue weighted by atomic mass is 79.9. The van der Waals surface area contributed by atoms with E-state index in [1.54, 1.807) is 6.07 Å². The lowest BCUT2D eigenvalue weighted by Gasteiger charge is -2.14. The first-order valence-corrected chi connectivity index (χ1v) is 6.88. The molecule has 1 unspecified atom stereocenters. The van der Waals surface area contributed by atoms with Gasteiger partial charge < -0.3 is 0 Å². The Hall–Kier alpha value is -0.860. The molecule has 0 bridgehead atoms. The molecule has 3 heteroatoms. The number of hydrogen-bond donors (Lipinski definition) is 0. The highest BCUT2D eigenvalue weighted by molar-refractivity contribution is 9.10. The lowest BCUT2D eigenvalue weighted by atomic mass is 10.00. The fourth-order valence-electron chi connectivity index (χ4n) is 1.81. The zero-order valence-corrected chi connectivity index (χ0v) is 12.5. The Morgan fingerprint density at radius 3 is 2.44 bits per heavy atom. The molecule has 0 saturated carbocycles. The van der Waals surface area contributed by atoms with Gasteiger partial charge in [0.2, 0.25) is 0 Å². The van der Waals surface area contributed by atoms with E-state index in [1.807, 2.05) is 25.1 Å². The van der Waals surface area contributed by atoms with Crippen molar-refractivity contribution in [2.75, 3.05) is 0 Å². The predicted octanol–water partition coefficient (Wildman–Crippen LogP) is 5.53. The minimum Gasteiger partial charge on any atom is -0.207 e. The van der Waals surface area contributed by atoms with Gasteiger partial charge in [-0.05, 0) is 54.3 Å². The molecular formula is C15H13BrClF. The predicted molar refractivity (Wildman–Crippen MR) is 77.7 cm³/mol. The van der Waals surface area contributed by atoms with E-state index in [9.17, 15) is 4.39 Å². The van der Waals surface area contributed by atoms with Gasteiger partial charge in [0.25, 0.3) is 0 Å². The Balaban J connectivity index is 2.44. The van der Waals surface area contributed by atoms with Gasteiger partial charge in [-0.15, -0.1) is 11.6 Å². The van der Waals surface area contributed by atoms with Crippen LogP contribution in [-0.2, 0) is 0 Å². The largest absolute Gasteiger partial charge is 0.207 e. The minimum atomic E-state index is -0.352. The summed E-state index contributed by atoms with van der Waals surface area (Å²) >= 11 is 9.85. The molecule has 2 aromatic rings. The first-order valence-electron chi connectivity index (χ1n) is 5.65. The van der Waals surface area contributed by atoms with Gasteiger partial charge in [0.15, 0.2) is 0 Å². The summed E-state index contributed by atoms with van der Waals surface area (Å²) in [5, 5.41) is -0.352. The third-order valence-electron chi connectivity index (χ3n) is 3.05. The number of hydrogen-bond acceptors (Lipinski definition) is 0. The second-order valence-corrected chi connectivity index (χ2v) is 5.66. The number of benzene rings is 2. The lowest BCUT2D eigenvalue weighted by molar-refractivity contribution is 0.625. The second-order valence-electron chi connectivity index (χ2n) is 4.37. The fraction of sp³-hybridized carbons (Fsp3) is 0.200. The molecule has 0 aliphatic heterocycles. The smallest absolute Gasteiger partial charge is 0.123 e. The quantitative estimate of drug-likeness (QED) is 0.636. The number of halogens is 3. The van der Waals surface area contributed by atoms with Crippen molar-refractivity contribution in [3.8, 4) is 0 Å². The lowest BCUT2D eigenvalue weighted by Crippen LogP contribution is -1.97. The van der Waals surface area contributed by atoms with E-state index in [4.69, 9.17) is 11.6 Å². The molecule has 0 radical (unpaired) electrons. The molecule has 0 nitrogen and oxygen atoms in total. The van der Waals surface area contributed by atoms with E-state index in [0.717, 1.165) is 15.6 Å². The summed E-state index contributed by atoms with van der Waals surface area (Å²) in [6.07, 6.45) is 0. The third-order valence-corrected chi connectivity index (χ3v) is 4.26. The summed E-state index contributed by atoms with van der Waals surface area (Å²) in [5.74, 6) is -0.275. The molecular weight excluding hydrogens is 315 g/mol. The van der Waals surface area contributed by atoms with Crippen molar-refractivity contribution < 1.29 is 4.39 Å². The monoisotopic (exact) mass is 326 g/mol. The van der Waals surface area contributed by atoms with Crippen LogP contribution in [-0.4, -0.2) is 0 Å². The maximum Gasteiger partial charge on any atom is 0.123 e. The number of alkyl halides is 1. The van der Waals surface area contributed by atoms with Crippen LogP contribution in [0.1, 0.15) is 27.6 Å². The van der Waals surface area contributed by atoms with Gasteiger partial charge in [-0.25, -0.2) is 4.39 Å². The van der Waals surface area contributed by atoms with E-state index in [-0.39, 0.29) is 11.2 Å². The van der Waals surface area contributed by atoms with Gasteiger partial charge >= 0.3 is 0 Å². The molecule has 0 aliphatic carbocycles. The molecule has 0 spiro atoms. The standard InChI is InChI=1S/C15H13BrClF/c1-9-3-4-11(7-10(9)2)15(17)13-8-12(18)5-6-14(13)16/h3-8,15H,1-2H3. The van der Waals surface area contributed by atoms with Crippen LogP contribution in [0.2, 0.25) is 0 Å². The molecule has 0 aromatic heterocycles. The van der Waals surface area contributed by atoms with Crippen molar-refractivity contribution in [3.05, 3.63) is 68.9 Å². The Bertz CT molecular complexity index is 581. The average molecular weight is 328 g/mol.